The predicted octanol–water partition coefficient (Wildman–Crippen LogP) is 1.47. The van der Waals surface area contributed by atoms with Gasteiger partial charge in [0, 0.05) is 5.97 Å². The highest BCUT2D eigenvalue weighted by atomic mass is 16.6. The van der Waals surface area contributed by atoms with Gasteiger partial charge in [-0.05, 0) is 12.8 Å². The normalized spacial score (nSPS) is 15.7. The molecule has 1 aliphatic heterocycles. The molecule has 0 atom stereocenters. The molecular weight excluding hydrogens is 263 g/mol. The number of nitro groups is 1. The van der Waals surface area contributed by atoms with Crippen molar-refractivity contribution in [2.24, 2.45) is 0 Å². The number of hydrogen-bond acceptors (Lipinski definition) is 6. The molecule has 1 fully saturated rings. The fraction of sp³-hybridized carbons (Fsp3) is 0.545. The Kier molecular flexibility index (Phi) is 4.03. The largest absolute Gasteiger partial charge is 0.464 e. The Morgan fingerprint density at radius 3 is 2.80 bits per heavy atom. The lowest BCUT2D eigenvalue weighted by molar-refractivity contribution is -0.385. The molecule has 0 amide bonds. The lowest BCUT2D eigenvalue weighted by atomic mass is 9.42. The van der Waals surface area contributed by atoms with E-state index in [1.54, 1.807) is 0 Å². The van der Waals surface area contributed by atoms with Gasteiger partial charge in [0.2, 0.25) is 5.69 Å². The summed E-state index contributed by atoms with van der Waals surface area (Å²) in [4.78, 5) is 21.8. The molecule has 0 unspecified atom stereocenters. The summed E-state index contributed by atoms with van der Waals surface area (Å²) in [5.41, 5.74) is -0.626. The summed E-state index contributed by atoms with van der Waals surface area (Å²) in [5, 5.41) is 23.8. The van der Waals surface area contributed by atoms with Gasteiger partial charge in [0.15, 0.2) is 0 Å². The van der Waals surface area contributed by atoms with Crippen molar-refractivity contribution in [3.63, 3.8) is 0 Å². The van der Waals surface area contributed by atoms with Gasteiger partial charge < -0.3 is 4.74 Å². The van der Waals surface area contributed by atoms with Crippen molar-refractivity contribution < 1.29 is 14.5 Å². The minimum atomic E-state index is -0.818. The fourth-order valence-corrected chi connectivity index (χ4v) is 2.41. The van der Waals surface area contributed by atoms with E-state index in [2.05, 4.69) is 15.8 Å². The number of carbonyl (C=O) groups is 1. The standard InChI is InChI=1S/C11H13BN4O4/c1-20-11(17)10-9(16(18)19)6-15(14-10)8-2-4-12(7-13)5-3-8/h6,8H,2-5H2,1H3. The van der Waals surface area contributed by atoms with E-state index in [0.29, 0.717) is 0 Å². The summed E-state index contributed by atoms with van der Waals surface area (Å²) >= 11 is 0. The van der Waals surface area contributed by atoms with Crippen molar-refractivity contribution in [3.05, 3.63) is 22.0 Å². The lowest BCUT2D eigenvalue weighted by Gasteiger charge is -2.23. The maximum atomic E-state index is 11.5. The first-order valence-electron chi connectivity index (χ1n) is 6.28. The number of carbonyl (C=O) groups excluding carboxylic acids is 1. The molecule has 0 aliphatic carbocycles. The fourth-order valence-electron chi connectivity index (χ4n) is 2.41. The average molecular weight is 276 g/mol. The van der Waals surface area contributed by atoms with Crippen LogP contribution in [0.3, 0.4) is 0 Å². The number of nitrogens with zero attached hydrogens (tertiary/aromatic N) is 4. The average Bonchev–Trinajstić information content (AvgIpc) is 2.92. The van der Waals surface area contributed by atoms with Crippen molar-refractivity contribution in [3.8, 4) is 5.97 Å². The minimum Gasteiger partial charge on any atom is -0.464 e. The van der Waals surface area contributed by atoms with E-state index >= 15 is 0 Å². The number of nitriles is 1. The Bertz CT molecular complexity index is 571. The second kappa shape index (κ2) is 5.73. The highest BCUT2D eigenvalue weighted by molar-refractivity contribution is 6.67. The Hall–Kier alpha value is -2.37. The van der Waals surface area contributed by atoms with Crippen molar-refractivity contribution in [1.82, 2.24) is 9.78 Å². The topological polar surface area (TPSA) is 111 Å². The van der Waals surface area contributed by atoms with Crippen molar-refractivity contribution in [1.29, 1.82) is 5.26 Å². The molecule has 1 aromatic rings. The zero-order valence-corrected chi connectivity index (χ0v) is 11.0. The molecule has 2 rings (SSSR count). The van der Waals surface area contributed by atoms with E-state index in [4.69, 9.17) is 5.26 Å². The number of aromatic nitrogens is 2. The third-order valence-electron chi connectivity index (χ3n) is 3.54. The van der Waals surface area contributed by atoms with Crippen LogP contribution in [0.1, 0.15) is 29.4 Å². The van der Waals surface area contributed by atoms with Crippen LogP contribution in [0, 0.1) is 21.3 Å². The van der Waals surface area contributed by atoms with Crippen molar-refractivity contribution in [2.45, 2.75) is 31.5 Å². The van der Waals surface area contributed by atoms with Gasteiger partial charge in [-0.15, -0.1) is 0 Å². The number of methoxy groups -OCH3 is 1. The van der Waals surface area contributed by atoms with Crippen LogP contribution in [0.4, 0.5) is 5.69 Å². The van der Waals surface area contributed by atoms with E-state index in [0.717, 1.165) is 32.6 Å². The summed E-state index contributed by atoms with van der Waals surface area (Å²) in [7, 11) is 1.16. The van der Waals surface area contributed by atoms with Crippen molar-refractivity contribution in [2.75, 3.05) is 7.11 Å². The van der Waals surface area contributed by atoms with Gasteiger partial charge in [-0.25, -0.2) is 10.1 Å². The highest BCUT2D eigenvalue weighted by Gasteiger charge is 2.31. The molecule has 0 bridgehead atoms. The van der Waals surface area contributed by atoms with Gasteiger partial charge in [-0.2, -0.15) is 5.10 Å². The van der Waals surface area contributed by atoms with E-state index in [1.807, 2.05) is 0 Å². The number of rotatable bonds is 3. The maximum absolute atomic E-state index is 11.5. The summed E-state index contributed by atoms with van der Waals surface area (Å²) in [5.74, 6) is 1.41. The van der Waals surface area contributed by atoms with Gasteiger partial charge >= 0.3 is 11.7 Å². The molecule has 1 saturated heterocycles. The minimum absolute atomic E-state index is 0.0169. The highest BCUT2D eigenvalue weighted by Crippen LogP contribution is 2.30. The summed E-state index contributed by atoms with van der Waals surface area (Å²) < 4.78 is 5.96. The Labute approximate surface area is 115 Å². The van der Waals surface area contributed by atoms with Crippen molar-refractivity contribution >= 4 is 18.4 Å². The van der Waals surface area contributed by atoms with Crippen LogP contribution in [0.5, 0.6) is 0 Å². The number of esters is 1. The van der Waals surface area contributed by atoms with E-state index in [1.165, 1.54) is 10.9 Å². The maximum Gasteiger partial charge on any atom is 0.365 e. The lowest BCUT2D eigenvalue weighted by Crippen LogP contribution is -2.23. The zero-order chi connectivity index (χ0) is 14.7. The molecule has 0 N–H and O–H groups in total. The van der Waals surface area contributed by atoms with Gasteiger partial charge in [0.1, 0.15) is 6.20 Å². The molecule has 0 spiro atoms. The molecule has 104 valence electrons. The summed E-state index contributed by atoms with van der Waals surface area (Å²) in [6.07, 6.45) is 4.18. The molecule has 2 heterocycles. The molecule has 20 heavy (non-hydrogen) atoms. The molecular formula is C11H13BN4O4. The van der Waals surface area contributed by atoms with E-state index in [-0.39, 0.29) is 24.1 Å². The first-order valence-corrected chi connectivity index (χ1v) is 6.28. The van der Waals surface area contributed by atoms with Crippen LogP contribution in [-0.2, 0) is 4.74 Å². The second-order valence-corrected chi connectivity index (χ2v) is 4.73. The first kappa shape index (κ1) is 14.1. The van der Waals surface area contributed by atoms with Crippen LogP contribution >= 0.6 is 0 Å². The quantitative estimate of drug-likeness (QED) is 0.357. The molecule has 1 aliphatic rings. The monoisotopic (exact) mass is 276 g/mol. The molecule has 1 aromatic heterocycles. The molecule has 8 nitrogen and oxygen atoms in total. The van der Waals surface area contributed by atoms with Gasteiger partial charge in [0.05, 0.1) is 18.1 Å². The Balaban J connectivity index is 2.24. The third-order valence-corrected chi connectivity index (χ3v) is 3.54. The number of hydrogen-bond donors (Lipinski definition) is 0. The SMILES string of the molecule is COC(=O)c1nn(C2CCB(C#N)CC2)cc1[N+](=O)[O-]. The Morgan fingerprint density at radius 2 is 2.30 bits per heavy atom. The van der Waals surface area contributed by atoms with Crippen LogP contribution in [0.2, 0.25) is 12.6 Å². The van der Waals surface area contributed by atoms with E-state index < -0.39 is 10.9 Å². The molecule has 0 aromatic carbocycles. The van der Waals surface area contributed by atoms with E-state index in [9.17, 15) is 14.9 Å². The second-order valence-electron chi connectivity index (χ2n) is 4.73. The predicted molar refractivity (Wildman–Crippen MR) is 69.5 cm³/mol. The van der Waals surface area contributed by atoms with Crippen LogP contribution in [0.15, 0.2) is 6.20 Å². The van der Waals surface area contributed by atoms with Gasteiger partial charge in [-0.1, -0.05) is 12.6 Å². The van der Waals surface area contributed by atoms with Crippen LogP contribution in [-0.4, -0.2) is 34.5 Å². The first-order chi connectivity index (χ1) is 9.56. The van der Waals surface area contributed by atoms with Crippen LogP contribution < -0.4 is 0 Å². The third kappa shape index (κ3) is 2.64. The zero-order valence-electron chi connectivity index (χ0n) is 11.0. The van der Waals surface area contributed by atoms with Crippen LogP contribution in [0.25, 0.3) is 0 Å². The Morgan fingerprint density at radius 1 is 1.65 bits per heavy atom. The summed E-state index contributed by atoms with van der Waals surface area (Å²) in [6, 6.07) is -0.0169. The number of ether oxygens (including phenoxy) is 1. The summed E-state index contributed by atoms with van der Waals surface area (Å²) in [6.45, 7) is 0.0388. The van der Waals surface area contributed by atoms with Gasteiger partial charge in [-0.3, -0.25) is 14.8 Å². The molecule has 0 saturated carbocycles. The molecule has 9 heteroatoms. The smallest absolute Gasteiger partial charge is 0.365 e. The molecule has 0 radical (unpaired) electrons. The van der Waals surface area contributed by atoms with Gasteiger partial charge in [0.25, 0.3) is 6.71 Å².